The van der Waals surface area contributed by atoms with E-state index in [-0.39, 0.29) is 6.10 Å². The number of hydrogen-bond acceptors (Lipinski definition) is 5. The van der Waals surface area contributed by atoms with Gasteiger partial charge in [-0.25, -0.2) is 9.97 Å². The molecule has 2 heterocycles. The van der Waals surface area contributed by atoms with E-state index in [1.54, 1.807) is 4.68 Å². The fourth-order valence-corrected chi connectivity index (χ4v) is 3.00. The van der Waals surface area contributed by atoms with Crippen molar-refractivity contribution in [3.8, 4) is 17.6 Å². The number of hydrogen-bond donors (Lipinski definition) is 0. The molecule has 0 saturated carbocycles. The molecule has 0 aliphatic carbocycles. The first-order valence-corrected chi connectivity index (χ1v) is 9.80. The van der Waals surface area contributed by atoms with Gasteiger partial charge in [-0.1, -0.05) is 25.1 Å². The van der Waals surface area contributed by atoms with E-state index in [0.29, 0.717) is 24.9 Å². The van der Waals surface area contributed by atoms with Crippen molar-refractivity contribution in [2.75, 3.05) is 6.61 Å². The Bertz CT molecular complexity index is 917. The van der Waals surface area contributed by atoms with E-state index in [0.717, 1.165) is 34.6 Å². The second-order valence-electron chi connectivity index (χ2n) is 6.91. The average Bonchev–Trinajstić information content (AvgIpc) is 2.99. The second kappa shape index (κ2) is 8.87. The van der Waals surface area contributed by atoms with Gasteiger partial charge < -0.3 is 9.47 Å². The summed E-state index contributed by atoms with van der Waals surface area (Å²) in [5.74, 6) is 2.05. The van der Waals surface area contributed by atoms with Crippen LogP contribution in [0.25, 0.3) is 5.95 Å². The van der Waals surface area contributed by atoms with Crippen molar-refractivity contribution >= 4 is 0 Å². The summed E-state index contributed by atoms with van der Waals surface area (Å²) in [6, 6.07) is 8.08. The molecule has 0 atom stereocenters. The Morgan fingerprint density at radius 3 is 2.43 bits per heavy atom. The monoisotopic (exact) mass is 380 g/mol. The maximum absolute atomic E-state index is 6.02. The van der Waals surface area contributed by atoms with Crippen LogP contribution in [0.4, 0.5) is 0 Å². The van der Waals surface area contributed by atoms with Gasteiger partial charge in [-0.05, 0) is 51.3 Å². The summed E-state index contributed by atoms with van der Waals surface area (Å²) in [5.41, 5.74) is 4.18. The van der Waals surface area contributed by atoms with Crippen LogP contribution in [0.3, 0.4) is 0 Å². The molecule has 0 aliphatic rings. The van der Waals surface area contributed by atoms with Crippen LogP contribution >= 0.6 is 0 Å². The van der Waals surface area contributed by atoms with Crippen LogP contribution in [-0.2, 0) is 12.8 Å². The van der Waals surface area contributed by atoms with E-state index in [4.69, 9.17) is 9.47 Å². The van der Waals surface area contributed by atoms with Crippen molar-refractivity contribution in [1.29, 1.82) is 0 Å². The fraction of sp³-hybridized carbons (Fsp3) is 0.409. The van der Waals surface area contributed by atoms with Crippen LogP contribution < -0.4 is 9.47 Å². The Labute approximate surface area is 166 Å². The molecule has 6 nitrogen and oxygen atoms in total. The van der Waals surface area contributed by atoms with Crippen molar-refractivity contribution in [2.24, 2.45) is 0 Å². The topological polar surface area (TPSA) is 62.1 Å². The number of para-hydroxylation sites is 1. The zero-order chi connectivity index (χ0) is 20.1. The predicted molar refractivity (Wildman–Crippen MR) is 109 cm³/mol. The van der Waals surface area contributed by atoms with E-state index in [1.807, 2.05) is 58.3 Å². The van der Waals surface area contributed by atoms with E-state index in [2.05, 4.69) is 28.1 Å². The van der Waals surface area contributed by atoms with Gasteiger partial charge >= 0.3 is 0 Å². The van der Waals surface area contributed by atoms with E-state index in [9.17, 15) is 0 Å². The minimum atomic E-state index is 0.0204. The van der Waals surface area contributed by atoms with Crippen molar-refractivity contribution in [2.45, 2.75) is 53.6 Å². The normalized spacial score (nSPS) is 11.1. The van der Waals surface area contributed by atoms with Crippen molar-refractivity contribution in [3.05, 3.63) is 59.0 Å². The van der Waals surface area contributed by atoms with Gasteiger partial charge in [0.1, 0.15) is 5.75 Å². The van der Waals surface area contributed by atoms with Gasteiger partial charge in [0.25, 0.3) is 5.95 Å². The maximum Gasteiger partial charge on any atom is 0.250 e. The number of aryl methyl sites for hydroxylation is 1. The predicted octanol–water partition coefficient (Wildman–Crippen LogP) is 4.31. The first kappa shape index (κ1) is 19.9. The van der Waals surface area contributed by atoms with Gasteiger partial charge in [0, 0.05) is 24.4 Å². The molecule has 0 fully saturated rings. The lowest BCUT2D eigenvalue weighted by Crippen LogP contribution is -2.08. The second-order valence-corrected chi connectivity index (χ2v) is 6.91. The molecule has 148 valence electrons. The molecule has 3 rings (SSSR count). The first-order chi connectivity index (χ1) is 13.5. The summed E-state index contributed by atoms with van der Waals surface area (Å²) >= 11 is 0. The number of aromatic nitrogens is 4. The molecule has 0 radical (unpaired) electrons. The molecular formula is C22H28N4O2. The lowest BCUT2D eigenvalue weighted by atomic mass is 10.0. The molecule has 1 aromatic carbocycles. The minimum absolute atomic E-state index is 0.0204. The molecule has 6 heteroatoms. The average molecular weight is 380 g/mol. The van der Waals surface area contributed by atoms with E-state index >= 15 is 0 Å². The highest BCUT2D eigenvalue weighted by molar-refractivity contribution is 5.43. The minimum Gasteiger partial charge on any atom is -0.494 e. The third-order valence-corrected chi connectivity index (χ3v) is 4.48. The quantitative estimate of drug-likeness (QED) is 0.583. The van der Waals surface area contributed by atoms with Gasteiger partial charge in [-0.3, -0.25) is 0 Å². The molecule has 3 aromatic rings. The summed E-state index contributed by atoms with van der Waals surface area (Å²) in [7, 11) is 0. The van der Waals surface area contributed by atoms with Crippen molar-refractivity contribution in [3.63, 3.8) is 0 Å². The highest BCUT2D eigenvalue weighted by Crippen LogP contribution is 2.30. The Kier molecular flexibility index (Phi) is 6.29. The van der Waals surface area contributed by atoms with Crippen LogP contribution in [0.1, 0.15) is 50.1 Å². The van der Waals surface area contributed by atoms with Gasteiger partial charge in [0.05, 0.1) is 18.4 Å². The summed E-state index contributed by atoms with van der Waals surface area (Å²) < 4.78 is 13.6. The summed E-state index contributed by atoms with van der Waals surface area (Å²) in [4.78, 5) is 8.95. The fourth-order valence-electron chi connectivity index (χ4n) is 3.00. The molecule has 0 amide bonds. The molecule has 0 unspecified atom stereocenters. The van der Waals surface area contributed by atoms with Crippen LogP contribution in [-0.4, -0.2) is 32.5 Å². The molecule has 0 saturated heterocycles. The molecule has 28 heavy (non-hydrogen) atoms. The molecule has 0 N–H and O–H groups in total. The zero-order valence-corrected chi connectivity index (χ0v) is 17.3. The number of rotatable bonds is 8. The van der Waals surface area contributed by atoms with Crippen LogP contribution in [0, 0.1) is 6.92 Å². The summed E-state index contributed by atoms with van der Waals surface area (Å²) in [6.45, 7) is 10.7. The zero-order valence-electron chi connectivity index (χ0n) is 17.3. The first-order valence-electron chi connectivity index (χ1n) is 9.80. The number of benzene rings is 1. The standard InChI is InChI=1S/C22H28N4O2/c1-6-17-13-23-22(24-14-17)26-16(5)19(21(25-26)28-15(3)4)12-18-10-8-9-11-20(18)27-7-2/h8-11,13-15H,6-7,12H2,1-5H3. The van der Waals surface area contributed by atoms with Crippen molar-refractivity contribution < 1.29 is 9.47 Å². The van der Waals surface area contributed by atoms with Gasteiger partial charge in [0.15, 0.2) is 0 Å². The van der Waals surface area contributed by atoms with Gasteiger partial charge in [0.2, 0.25) is 5.88 Å². The SMILES string of the molecule is CCOc1ccccc1Cc1c(OC(C)C)nn(-c2ncc(CC)cn2)c1C. The smallest absolute Gasteiger partial charge is 0.250 e. The van der Waals surface area contributed by atoms with Gasteiger partial charge in [-0.2, -0.15) is 4.68 Å². The highest BCUT2D eigenvalue weighted by Gasteiger charge is 2.21. The third kappa shape index (κ3) is 4.32. The van der Waals surface area contributed by atoms with Gasteiger partial charge in [-0.15, -0.1) is 5.10 Å². The molecular weight excluding hydrogens is 352 g/mol. The summed E-state index contributed by atoms with van der Waals surface area (Å²) in [5, 5.41) is 4.68. The Morgan fingerprint density at radius 2 is 1.79 bits per heavy atom. The van der Waals surface area contributed by atoms with E-state index in [1.165, 1.54) is 0 Å². The highest BCUT2D eigenvalue weighted by atomic mass is 16.5. The Morgan fingerprint density at radius 1 is 1.07 bits per heavy atom. The maximum atomic E-state index is 6.02. The molecule has 0 spiro atoms. The van der Waals surface area contributed by atoms with Crippen LogP contribution in [0.2, 0.25) is 0 Å². The Hall–Kier alpha value is -2.89. The lowest BCUT2D eigenvalue weighted by Gasteiger charge is -2.12. The van der Waals surface area contributed by atoms with E-state index < -0.39 is 0 Å². The third-order valence-electron chi connectivity index (χ3n) is 4.48. The molecule has 0 bridgehead atoms. The number of ether oxygens (including phenoxy) is 2. The van der Waals surface area contributed by atoms with Crippen molar-refractivity contribution in [1.82, 2.24) is 19.7 Å². The summed E-state index contributed by atoms with van der Waals surface area (Å²) in [6.07, 6.45) is 5.27. The van der Waals surface area contributed by atoms with Crippen LogP contribution in [0.15, 0.2) is 36.7 Å². The number of nitrogens with zero attached hydrogens (tertiary/aromatic N) is 4. The Balaban J connectivity index is 2.03. The van der Waals surface area contributed by atoms with Crippen LogP contribution in [0.5, 0.6) is 11.6 Å². The molecule has 2 aromatic heterocycles. The molecule has 0 aliphatic heterocycles. The largest absolute Gasteiger partial charge is 0.494 e. The lowest BCUT2D eigenvalue weighted by molar-refractivity contribution is 0.229.